The van der Waals surface area contributed by atoms with Gasteiger partial charge in [0.1, 0.15) is 17.8 Å². The number of allylic oxidation sites excluding steroid dienone is 3. The minimum atomic E-state index is -1.73. The van der Waals surface area contributed by atoms with Crippen molar-refractivity contribution < 1.29 is 44.2 Å². The molecule has 2 bridgehead atoms. The second kappa shape index (κ2) is 13.3. The summed E-state index contributed by atoms with van der Waals surface area (Å²) in [5, 5.41) is 45.6. The second-order valence-corrected chi connectivity index (χ2v) is 14.9. The van der Waals surface area contributed by atoms with Crippen molar-refractivity contribution in [2.45, 2.75) is 135 Å². The Hall–Kier alpha value is -1.85. The number of esters is 1. The highest BCUT2D eigenvalue weighted by atomic mass is 16.7. The molecule has 0 amide bonds. The SMILES string of the molecule is C/C(=C\C(C)C)C1OC2(C[C@@H]3C[C@@H](C/C=C(\C)[C@@H](O)[C@@H](C)/C=C/C=C4\CO[C@@H]5[C@H](O)C(C)C[C@@H](C(=O)O3)[C@]45O)O2)C[C@H](O)[C@@H]1C. The topological polar surface area (TPSA) is 135 Å². The first-order valence-corrected chi connectivity index (χ1v) is 16.8. The van der Waals surface area contributed by atoms with Gasteiger partial charge in [0, 0.05) is 31.1 Å². The summed E-state index contributed by atoms with van der Waals surface area (Å²) in [6, 6.07) is 0. The molecule has 3 saturated heterocycles. The van der Waals surface area contributed by atoms with E-state index in [1.807, 2.05) is 46.8 Å². The number of rotatable bonds is 2. The van der Waals surface area contributed by atoms with Gasteiger partial charge in [-0.1, -0.05) is 65.0 Å². The van der Waals surface area contributed by atoms with Crippen molar-refractivity contribution in [2.75, 3.05) is 6.61 Å². The van der Waals surface area contributed by atoms with Crippen LogP contribution in [0.15, 0.2) is 47.1 Å². The van der Waals surface area contributed by atoms with Crippen LogP contribution in [0.2, 0.25) is 0 Å². The molecule has 9 heteroatoms. The van der Waals surface area contributed by atoms with E-state index >= 15 is 0 Å². The van der Waals surface area contributed by atoms with Crippen LogP contribution in [0.25, 0.3) is 0 Å². The molecule has 4 aliphatic heterocycles. The molecular formula is C36H54O9. The lowest BCUT2D eigenvalue weighted by atomic mass is 9.66. The predicted molar refractivity (Wildman–Crippen MR) is 169 cm³/mol. The molecular weight excluding hydrogens is 576 g/mol. The standard InChI is InChI=1S/C36H54O9/c1-19(2)13-23(6)32-24(7)29(37)17-35(45-32)16-27-15-26(44-35)12-11-21(4)30(38)20(3)9-8-10-25-18-42-33-31(39)22(5)14-28(34(40)43-27)36(25,33)41/h8-11,13,19-20,22,24,26-33,37-39,41H,12,14-18H2,1-7H3/b9-8+,21-11+,23-13+,25-10+/t20-,22?,24-,26+,27-,28-,29-,30-,31+,32?,33+,35?,36+/m0/s1. The van der Waals surface area contributed by atoms with Gasteiger partial charge in [-0.25, -0.2) is 0 Å². The van der Waals surface area contributed by atoms with E-state index in [2.05, 4.69) is 19.9 Å². The van der Waals surface area contributed by atoms with Gasteiger partial charge in [-0.15, -0.1) is 0 Å². The number of hydrogen-bond donors (Lipinski definition) is 4. The zero-order valence-electron chi connectivity index (χ0n) is 27.9. The molecule has 4 heterocycles. The van der Waals surface area contributed by atoms with Gasteiger partial charge >= 0.3 is 5.97 Å². The number of ether oxygens (including phenoxy) is 4. The van der Waals surface area contributed by atoms with Gasteiger partial charge in [0.2, 0.25) is 0 Å². The van der Waals surface area contributed by atoms with Crippen LogP contribution in [0.3, 0.4) is 0 Å². The highest BCUT2D eigenvalue weighted by molar-refractivity contribution is 5.76. The van der Waals surface area contributed by atoms with E-state index < -0.39 is 59.9 Å². The molecule has 0 aromatic heterocycles. The third-order valence-corrected chi connectivity index (χ3v) is 10.8. The van der Waals surface area contributed by atoms with Crippen molar-refractivity contribution in [1.82, 2.24) is 0 Å². The summed E-state index contributed by atoms with van der Waals surface area (Å²) in [6.45, 7) is 13.9. The summed E-state index contributed by atoms with van der Waals surface area (Å²) in [6.07, 6.45) is 6.36. The number of carbonyl (C=O) groups excluding carboxylic acids is 1. The van der Waals surface area contributed by atoms with Gasteiger partial charge in [0.05, 0.1) is 43.0 Å². The maximum atomic E-state index is 14.1. The summed E-state index contributed by atoms with van der Waals surface area (Å²) in [5.41, 5.74) is 0.583. The molecule has 4 fully saturated rings. The highest BCUT2D eigenvalue weighted by Crippen LogP contribution is 2.49. The molecule has 0 aromatic carbocycles. The fourth-order valence-electron chi connectivity index (χ4n) is 8.17. The summed E-state index contributed by atoms with van der Waals surface area (Å²) < 4.78 is 25.7. The molecule has 252 valence electrons. The van der Waals surface area contributed by atoms with E-state index in [1.165, 1.54) is 0 Å². The number of fused-ring (bicyclic) bond motifs is 2. The minimum Gasteiger partial charge on any atom is -0.462 e. The van der Waals surface area contributed by atoms with Crippen molar-refractivity contribution >= 4 is 5.97 Å². The van der Waals surface area contributed by atoms with Crippen molar-refractivity contribution in [2.24, 2.45) is 29.6 Å². The van der Waals surface area contributed by atoms with Gasteiger partial charge in [0.25, 0.3) is 0 Å². The van der Waals surface area contributed by atoms with Crippen molar-refractivity contribution in [3.8, 4) is 0 Å². The zero-order chi connectivity index (χ0) is 32.8. The molecule has 5 aliphatic rings. The van der Waals surface area contributed by atoms with E-state index in [0.29, 0.717) is 24.3 Å². The van der Waals surface area contributed by atoms with Gasteiger partial charge < -0.3 is 39.4 Å². The van der Waals surface area contributed by atoms with Gasteiger partial charge in [0.15, 0.2) is 5.79 Å². The molecule has 0 aromatic rings. The lowest BCUT2D eigenvalue weighted by Gasteiger charge is -2.51. The minimum absolute atomic E-state index is 0.0753. The van der Waals surface area contributed by atoms with E-state index in [0.717, 1.165) is 11.1 Å². The van der Waals surface area contributed by atoms with E-state index in [1.54, 1.807) is 12.2 Å². The van der Waals surface area contributed by atoms with Crippen molar-refractivity contribution in [1.29, 1.82) is 0 Å². The molecule has 1 saturated carbocycles. The molecule has 13 atom stereocenters. The molecule has 1 aliphatic carbocycles. The number of carbonyl (C=O) groups is 1. The molecule has 4 N–H and O–H groups in total. The monoisotopic (exact) mass is 630 g/mol. The Kier molecular flexibility index (Phi) is 10.2. The summed E-state index contributed by atoms with van der Waals surface area (Å²) in [5.74, 6) is -3.03. The smallest absolute Gasteiger partial charge is 0.312 e. The maximum absolute atomic E-state index is 14.1. The van der Waals surface area contributed by atoms with Gasteiger partial charge in [-0.3, -0.25) is 4.79 Å². The molecule has 5 rings (SSSR count). The Balaban J connectivity index is 1.53. The molecule has 45 heavy (non-hydrogen) atoms. The quantitative estimate of drug-likeness (QED) is 0.262. The first kappa shape index (κ1) is 34.5. The predicted octanol–water partition coefficient (Wildman–Crippen LogP) is 4.14. The lowest BCUT2D eigenvalue weighted by Crippen LogP contribution is -2.61. The third kappa shape index (κ3) is 6.77. The molecule has 9 nitrogen and oxygen atoms in total. The van der Waals surface area contributed by atoms with Crippen LogP contribution in [0.1, 0.15) is 80.6 Å². The molecule has 0 radical (unpaired) electrons. The van der Waals surface area contributed by atoms with E-state index in [9.17, 15) is 25.2 Å². The fraction of sp³-hybridized carbons (Fsp3) is 0.750. The summed E-state index contributed by atoms with van der Waals surface area (Å²) in [7, 11) is 0. The summed E-state index contributed by atoms with van der Waals surface area (Å²) in [4.78, 5) is 14.1. The van der Waals surface area contributed by atoms with Crippen molar-refractivity contribution in [3.63, 3.8) is 0 Å². The second-order valence-electron chi connectivity index (χ2n) is 14.9. The average Bonchev–Trinajstić information content (AvgIpc) is 3.31. The lowest BCUT2D eigenvalue weighted by molar-refractivity contribution is -0.343. The van der Waals surface area contributed by atoms with Crippen LogP contribution >= 0.6 is 0 Å². The largest absolute Gasteiger partial charge is 0.462 e. The Morgan fingerprint density at radius 3 is 2.51 bits per heavy atom. The van der Waals surface area contributed by atoms with Crippen LogP contribution in [0.4, 0.5) is 0 Å². The number of aliphatic hydroxyl groups is 4. The Labute approximate surface area is 268 Å². The first-order valence-electron chi connectivity index (χ1n) is 16.8. The Morgan fingerprint density at radius 1 is 1.07 bits per heavy atom. The average molecular weight is 631 g/mol. The van der Waals surface area contributed by atoms with Crippen LogP contribution < -0.4 is 0 Å². The third-order valence-electron chi connectivity index (χ3n) is 10.8. The number of aliphatic hydroxyl groups excluding tert-OH is 3. The van der Waals surface area contributed by atoms with E-state index in [4.69, 9.17) is 18.9 Å². The van der Waals surface area contributed by atoms with Crippen LogP contribution in [-0.4, -0.2) is 87.1 Å². The van der Waals surface area contributed by atoms with Crippen molar-refractivity contribution in [3.05, 3.63) is 47.1 Å². The normalized spacial score (nSPS) is 49.5. The van der Waals surface area contributed by atoms with Crippen LogP contribution in [0.5, 0.6) is 0 Å². The first-order chi connectivity index (χ1) is 21.1. The van der Waals surface area contributed by atoms with Gasteiger partial charge in [-0.2, -0.15) is 0 Å². The highest BCUT2D eigenvalue weighted by Gasteiger charge is 2.62. The van der Waals surface area contributed by atoms with Gasteiger partial charge in [-0.05, 0) is 55.2 Å². The van der Waals surface area contributed by atoms with E-state index in [-0.39, 0.29) is 49.7 Å². The Bertz CT molecular complexity index is 1220. The maximum Gasteiger partial charge on any atom is 0.312 e. The number of hydrogen-bond acceptors (Lipinski definition) is 9. The van der Waals surface area contributed by atoms with Crippen LogP contribution in [0, 0.1) is 29.6 Å². The Morgan fingerprint density at radius 2 is 1.80 bits per heavy atom. The fourth-order valence-corrected chi connectivity index (χ4v) is 8.17. The molecule has 1 spiro atoms. The zero-order valence-corrected chi connectivity index (χ0v) is 27.9. The summed E-state index contributed by atoms with van der Waals surface area (Å²) >= 11 is 0. The van der Waals surface area contributed by atoms with Crippen LogP contribution in [-0.2, 0) is 23.7 Å². The molecule has 3 unspecified atom stereocenters.